The van der Waals surface area contributed by atoms with Gasteiger partial charge < -0.3 is 0 Å². The summed E-state index contributed by atoms with van der Waals surface area (Å²) in [7, 11) is 0. The summed E-state index contributed by atoms with van der Waals surface area (Å²) in [4.78, 5) is 0. The third kappa shape index (κ3) is 13.6. The van der Waals surface area contributed by atoms with Crippen LogP contribution in [-0.4, -0.2) is 0 Å². The highest BCUT2D eigenvalue weighted by Crippen LogP contribution is 2.34. The van der Waals surface area contributed by atoms with Crippen LogP contribution in [0.15, 0.2) is 0 Å². The summed E-state index contributed by atoms with van der Waals surface area (Å²) >= 11 is 0. The van der Waals surface area contributed by atoms with Crippen molar-refractivity contribution in [2.24, 2.45) is 5.41 Å². The van der Waals surface area contributed by atoms with Crippen molar-refractivity contribution in [3.8, 4) is 0 Å². The van der Waals surface area contributed by atoms with Gasteiger partial charge in [-0.3, -0.25) is 0 Å². The molecule has 0 aliphatic carbocycles. The molecular weight excluding hydrogens is 264 g/mol. The van der Waals surface area contributed by atoms with E-state index in [2.05, 4.69) is 27.7 Å². The van der Waals surface area contributed by atoms with E-state index < -0.39 is 0 Å². The lowest BCUT2D eigenvalue weighted by molar-refractivity contribution is 0.243. The maximum atomic E-state index is 2.52. The van der Waals surface area contributed by atoms with Gasteiger partial charge in [-0.05, 0) is 18.3 Å². The molecule has 0 radical (unpaired) electrons. The minimum absolute atomic E-state index is 0.633. The second-order valence-electron chi connectivity index (χ2n) is 7.91. The van der Waals surface area contributed by atoms with E-state index in [1.165, 1.54) is 109 Å². The van der Waals surface area contributed by atoms with Crippen LogP contribution in [0.1, 0.15) is 137 Å². The number of hydrogen-bond acceptors (Lipinski definition) is 0. The van der Waals surface area contributed by atoms with Crippen molar-refractivity contribution >= 4 is 0 Å². The van der Waals surface area contributed by atoms with Crippen molar-refractivity contribution in [3.63, 3.8) is 0 Å². The molecule has 0 bridgehead atoms. The van der Waals surface area contributed by atoms with E-state index >= 15 is 0 Å². The second-order valence-corrected chi connectivity index (χ2v) is 7.91. The second kappa shape index (κ2) is 15.9. The number of hydrogen-bond donors (Lipinski definition) is 0. The summed E-state index contributed by atoms with van der Waals surface area (Å²) in [5.41, 5.74) is 0.633. The lowest BCUT2D eigenvalue weighted by Crippen LogP contribution is -2.14. The molecule has 0 saturated heterocycles. The fraction of sp³-hybridized carbons (Fsp3) is 1.00. The lowest BCUT2D eigenvalue weighted by Gasteiger charge is -2.28. The first-order chi connectivity index (χ1) is 10.7. The Bertz CT molecular complexity index is 208. The Labute approximate surface area is 142 Å². The minimum atomic E-state index is 0.633. The smallest absolute Gasteiger partial charge is 0.0328 e. The predicted octanol–water partition coefficient (Wildman–Crippen LogP) is 8.68. The molecule has 0 fully saturated rings. The van der Waals surface area contributed by atoms with E-state index in [9.17, 15) is 0 Å². The highest BCUT2D eigenvalue weighted by atomic mass is 14.3. The molecule has 0 aliphatic heterocycles. The average Bonchev–Trinajstić information content (AvgIpc) is 2.54. The first kappa shape index (κ1) is 22.0. The van der Waals surface area contributed by atoms with Gasteiger partial charge in [0.1, 0.15) is 0 Å². The maximum absolute atomic E-state index is 2.52. The maximum Gasteiger partial charge on any atom is -0.0328 e. The standard InChI is InChI=1S/C22H46/c1-5-8-10-11-12-13-14-15-16-17-18-19-21-22(4,7-3)20-9-6-2/h5-21H2,1-4H3. The van der Waals surface area contributed by atoms with Gasteiger partial charge in [-0.2, -0.15) is 0 Å². The van der Waals surface area contributed by atoms with Crippen LogP contribution < -0.4 is 0 Å². The Morgan fingerprint density at radius 2 is 0.818 bits per heavy atom. The largest absolute Gasteiger partial charge is 0.0654 e. The molecule has 0 aromatic rings. The van der Waals surface area contributed by atoms with Crippen molar-refractivity contribution in [1.82, 2.24) is 0 Å². The normalized spacial score (nSPS) is 14.2. The van der Waals surface area contributed by atoms with Crippen molar-refractivity contribution in [3.05, 3.63) is 0 Å². The fourth-order valence-corrected chi connectivity index (χ4v) is 3.47. The molecule has 1 unspecified atom stereocenters. The van der Waals surface area contributed by atoms with E-state index in [-0.39, 0.29) is 0 Å². The van der Waals surface area contributed by atoms with E-state index in [4.69, 9.17) is 0 Å². The van der Waals surface area contributed by atoms with Crippen molar-refractivity contribution in [2.75, 3.05) is 0 Å². The molecule has 0 spiro atoms. The molecule has 1 atom stereocenters. The summed E-state index contributed by atoms with van der Waals surface area (Å²) in [6.45, 7) is 9.52. The summed E-state index contributed by atoms with van der Waals surface area (Å²) in [5, 5.41) is 0. The quantitative estimate of drug-likeness (QED) is 0.236. The van der Waals surface area contributed by atoms with Crippen molar-refractivity contribution in [1.29, 1.82) is 0 Å². The van der Waals surface area contributed by atoms with Gasteiger partial charge in [-0.1, -0.05) is 124 Å². The molecule has 22 heavy (non-hydrogen) atoms. The SMILES string of the molecule is CCCCCCCCCCCCCCC(C)(CC)CCCC. The van der Waals surface area contributed by atoms with Crippen LogP contribution in [0.2, 0.25) is 0 Å². The molecule has 0 aromatic heterocycles. The van der Waals surface area contributed by atoms with E-state index in [0.29, 0.717) is 5.41 Å². The van der Waals surface area contributed by atoms with Crippen LogP contribution in [0.3, 0.4) is 0 Å². The van der Waals surface area contributed by atoms with Crippen LogP contribution in [0.5, 0.6) is 0 Å². The molecule has 0 saturated carbocycles. The summed E-state index contributed by atoms with van der Waals surface area (Å²) in [5.74, 6) is 0. The lowest BCUT2D eigenvalue weighted by atomic mass is 9.78. The first-order valence-electron chi connectivity index (χ1n) is 10.7. The number of rotatable bonds is 17. The molecule has 0 N–H and O–H groups in total. The van der Waals surface area contributed by atoms with Crippen LogP contribution in [0.25, 0.3) is 0 Å². The monoisotopic (exact) mass is 310 g/mol. The number of unbranched alkanes of at least 4 members (excludes halogenated alkanes) is 12. The van der Waals surface area contributed by atoms with Crippen LogP contribution in [0, 0.1) is 5.41 Å². The van der Waals surface area contributed by atoms with Gasteiger partial charge in [0.25, 0.3) is 0 Å². The van der Waals surface area contributed by atoms with Gasteiger partial charge in [0.2, 0.25) is 0 Å². The van der Waals surface area contributed by atoms with E-state index in [0.717, 1.165) is 0 Å². The van der Waals surface area contributed by atoms with E-state index in [1.807, 2.05) is 0 Å². The Morgan fingerprint density at radius 1 is 0.455 bits per heavy atom. The zero-order valence-corrected chi connectivity index (χ0v) is 16.5. The molecular formula is C22H46. The molecule has 134 valence electrons. The van der Waals surface area contributed by atoms with Crippen LogP contribution in [-0.2, 0) is 0 Å². The van der Waals surface area contributed by atoms with E-state index in [1.54, 1.807) is 0 Å². The average molecular weight is 311 g/mol. The summed E-state index contributed by atoms with van der Waals surface area (Å²) in [6, 6.07) is 0. The van der Waals surface area contributed by atoms with Crippen molar-refractivity contribution in [2.45, 2.75) is 137 Å². The third-order valence-corrected chi connectivity index (χ3v) is 5.62. The molecule has 0 amide bonds. The Balaban J connectivity index is 3.31. The van der Waals surface area contributed by atoms with Gasteiger partial charge in [-0.25, -0.2) is 0 Å². The zero-order chi connectivity index (χ0) is 16.5. The predicted molar refractivity (Wildman–Crippen MR) is 104 cm³/mol. The molecule has 0 aliphatic rings. The van der Waals surface area contributed by atoms with Gasteiger partial charge in [-0.15, -0.1) is 0 Å². The molecule has 0 heteroatoms. The van der Waals surface area contributed by atoms with Gasteiger partial charge in [0.15, 0.2) is 0 Å². The van der Waals surface area contributed by atoms with Gasteiger partial charge in [0.05, 0.1) is 0 Å². The highest BCUT2D eigenvalue weighted by Gasteiger charge is 2.20. The Kier molecular flexibility index (Phi) is 15.9. The molecule has 0 heterocycles. The molecule has 0 aromatic carbocycles. The first-order valence-corrected chi connectivity index (χ1v) is 10.7. The van der Waals surface area contributed by atoms with Crippen LogP contribution in [0.4, 0.5) is 0 Å². The summed E-state index contributed by atoms with van der Waals surface area (Å²) < 4.78 is 0. The third-order valence-electron chi connectivity index (χ3n) is 5.62. The fourth-order valence-electron chi connectivity index (χ4n) is 3.47. The minimum Gasteiger partial charge on any atom is -0.0654 e. The summed E-state index contributed by atoms with van der Waals surface area (Å²) in [6.07, 6.45) is 24.6. The Morgan fingerprint density at radius 3 is 1.23 bits per heavy atom. The molecule has 0 rings (SSSR count). The topological polar surface area (TPSA) is 0 Å². The van der Waals surface area contributed by atoms with Crippen LogP contribution >= 0.6 is 0 Å². The molecule has 0 nitrogen and oxygen atoms in total. The van der Waals surface area contributed by atoms with Gasteiger partial charge >= 0.3 is 0 Å². The van der Waals surface area contributed by atoms with Crippen molar-refractivity contribution < 1.29 is 0 Å². The highest BCUT2D eigenvalue weighted by molar-refractivity contribution is 4.72. The Hall–Kier alpha value is 0. The zero-order valence-electron chi connectivity index (χ0n) is 16.5. The van der Waals surface area contributed by atoms with Gasteiger partial charge in [0, 0.05) is 0 Å².